The van der Waals surface area contributed by atoms with Gasteiger partial charge < -0.3 is 15.4 Å². The van der Waals surface area contributed by atoms with E-state index in [0.29, 0.717) is 19.1 Å². The lowest BCUT2D eigenvalue weighted by Crippen LogP contribution is -2.36. The maximum Gasteiger partial charge on any atom is 0.387 e. The number of amides is 1. The fourth-order valence-electron chi connectivity index (χ4n) is 2.67. The topological polar surface area (TPSA) is 50.4 Å². The Labute approximate surface area is 145 Å². The third-order valence-corrected chi connectivity index (χ3v) is 4.64. The molecule has 0 saturated heterocycles. The highest BCUT2D eigenvalue weighted by atomic mass is 35.5. The molecule has 0 unspecified atom stereocenters. The Morgan fingerprint density at radius 2 is 1.96 bits per heavy atom. The molecule has 132 valence electrons. The minimum Gasteiger partial charge on any atom is -0.433 e. The lowest BCUT2D eigenvalue weighted by molar-refractivity contribution is -0.0498. The van der Waals surface area contributed by atoms with Crippen LogP contribution in [0.2, 0.25) is 0 Å². The van der Waals surface area contributed by atoms with Gasteiger partial charge in [-0.3, -0.25) is 4.79 Å². The number of carbonyl (C=O) groups excluding carboxylic acids is 1. The van der Waals surface area contributed by atoms with Crippen LogP contribution in [0.1, 0.15) is 48.2 Å². The fourth-order valence-corrected chi connectivity index (χ4v) is 3.41. The summed E-state index contributed by atoms with van der Waals surface area (Å²) in [6.45, 7) is -1.76. The van der Waals surface area contributed by atoms with Crippen molar-refractivity contribution in [1.82, 2.24) is 10.6 Å². The van der Waals surface area contributed by atoms with E-state index < -0.39 is 6.61 Å². The number of nitrogens with one attached hydrogen (secondary N) is 2. The zero-order valence-electron chi connectivity index (χ0n) is 12.9. The van der Waals surface area contributed by atoms with Gasteiger partial charge in [0.25, 0.3) is 5.91 Å². The van der Waals surface area contributed by atoms with Crippen LogP contribution in [-0.4, -0.2) is 31.7 Å². The average molecular weight is 369 g/mol. The van der Waals surface area contributed by atoms with Crippen LogP contribution in [0.4, 0.5) is 8.78 Å². The molecular weight excluding hydrogens is 346 g/mol. The highest BCUT2D eigenvalue weighted by Crippen LogP contribution is 2.26. The third kappa shape index (κ3) is 7.01. The van der Waals surface area contributed by atoms with Gasteiger partial charge in [-0.05, 0) is 24.3 Å². The summed E-state index contributed by atoms with van der Waals surface area (Å²) in [6, 6.07) is 1.91. The summed E-state index contributed by atoms with van der Waals surface area (Å²) >= 11 is 1.10. The molecule has 0 radical (unpaired) electrons. The molecule has 2 rings (SSSR count). The molecule has 1 heterocycles. The first kappa shape index (κ1) is 20.1. The largest absolute Gasteiger partial charge is 0.433 e. The summed E-state index contributed by atoms with van der Waals surface area (Å²) in [7, 11) is 0. The minimum atomic E-state index is -2.92. The van der Waals surface area contributed by atoms with E-state index in [0.717, 1.165) is 11.3 Å². The van der Waals surface area contributed by atoms with Gasteiger partial charge in [-0.1, -0.05) is 25.7 Å². The van der Waals surface area contributed by atoms with Crippen molar-refractivity contribution in [2.45, 2.75) is 51.2 Å². The number of hydrogen-bond acceptors (Lipinski definition) is 4. The molecule has 2 N–H and O–H groups in total. The van der Waals surface area contributed by atoms with E-state index in [-0.39, 0.29) is 28.9 Å². The quantitative estimate of drug-likeness (QED) is 0.568. The normalized spacial score (nSPS) is 15.8. The van der Waals surface area contributed by atoms with E-state index in [4.69, 9.17) is 0 Å². The zero-order valence-corrected chi connectivity index (χ0v) is 14.5. The van der Waals surface area contributed by atoms with Crippen molar-refractivity contribution in [3.8, 4) is 5.75 Å². The van der Waals surface area contributed by atoms with E-state index in [1.54, 1.807) is 5.38 Å². The lowest BCUT2D eigenvalue weighted by Gasteiger charge is -2.16. The smallest absolute Gasteiger partial charge is 0.387 e. The first-order valence-electron chi connectivity index (χ1n) is 7.70. The summed E-state index contributed by atoms with van der Waals surface area (Å²) in [5, 5.41) is 7.75. The highest BCUT2D eigenvalue weighted by molar-refractivity contribution is 7.12. The molecule has 4 nitrogen and oxygen atoms in total. The van der Waals surface area contributed by atoms with Gasteiger partial charge in [0.2, 0.25) is 0 Å². The van der Waals surface area contributed by atoms with E-state index >= 15 is 0 Å². The number of carbonyl (C=O) groups is 1. The van der Waals surface area contributed by atoms with Gasteiger partial charge in [0.05, 0.1) is 0 Å². The van der Waals surface area contributed by atoms with Crippen LogP contribution in [0.5, 0.6) is 5.75 Å². The molecule has 23 heavy (non-hydrogen) atoms. The van der Waals surface area contributed by atoms with Crippen molar-refractivity contribution < 1.29 is 18.3 Å². The number of ether oxygens (including phenoxy) is 1. The Morgan fingerprint density at radius 1 is 1.26 bits per heavy atom. The van der Waals surface area contributed by atoms with Gasteiger partial charge in [0, 0.05) is 19.1 Å². The monoisotopic (exact) mass is 368 g/mol. The SMILES string of the molecule is Cl.O=C(NCCNC1CCCCCC1)c1sccc1OC(F)F. The Balaban J connectivity index is 0.00000264. The van der Waals surface area contributed by atoms with Crippen LogP contribution < -0.4 is 15.4 Å². The number of alkyl halides is 2. The molecule has 8 heteroatoms. The second kappa shape index (κ2) is 10.8. The molecule has 0 aliphatic heterocycles. The summed E-state index contributed by atoms with van der Waals surface area (Å²) in [4.78, 5) is 12.2. The summed E-state index contributed by atoms with van der Waals surface area (Å²) in [5.41, 5.74) is 0. The number of halogens is 3. The molecule has 0 aromatic carbocycles. The molecule has 1 fully saturated rings. The Hall–Kier alpha value is -0.920. The first-order chi connectivity index (χ1) is 10.7. The van der Waals surface area contributed by atoms with Gasteiger partial charge in [-0.2, -0.15) is 8.78 Å². The predicted octanol–water partition coefficient (Wildman–Crippen LogP) is 3.81. The average Bonchev–Trinajstić information content (AvgIpc) is 2.78. The van der Waals surface area contributed by atoms with Gasteiger partial charge >= 0.3 is 6.61 Å². The molecule has 0 bridgehead atoms. The Kier molecular flexibility index (Phi) is 9.43. The van der Waals surface area contributed by atoms with E-state index in [9.17, 15) is 13.6 Å². The second-order valence-corrected chi connectivity index (χ2v) is 6.31. The molecule has 1 amide bonds. The second-order valence-electron chi connectivity index (χ2n) is 5.39. The van der Waals surface area contributed by atoms with E-state index in [1.165, 1.54) is 44.6 Å². The van der Waals surface area contributed by atoms with E-state index in [2.05, 4.69) is 15.4 Å². The van der Waals surface area contributed by atoms with Gasteiger partial charge in [-0.15, -0.1) is 23.7 Å². The molecule has 0 spiro atoms. The van der Waals surface area contributed by atoms with Crippen LogP contribution in [-0.2, 0) is 0 Å². The van der Waals surface area contributed by atoms with Crippen molar-refractivity contribution in [3.63, 3.8) is 0 Å². The van der Waals surface area contributed by atoms with Crippen molar-refractivity contribution in [1.29, 1.82) is 0 Å². The Morgan fingerprint density at radius 3 is 2.61 bits per heavy atom. The Bertz CT molecular complexity index is 466. The molecule has 1 aliphatic carbocycles. The highest BCUT2D eigenvalue weighted by Gasteiger charge is 2.17. The minimum absolute atomic E-state index is 0. The van der Waals surface area contributed by atoms with Crippen molar-refractivity contribution in [3.05, 3.63) is 16.3 Å². The van der Waals surface area contributed by atoms with Crippen LogP contribution in [0.15, 0.2) is 11.4 Å². The summed E-state index contributed by atoms with van der Waals surface area (Å²) in [6.07, 6.45) is 7.50. The van der Waals surface area contributed by atoms with Gasteiger partial charge in [0.15, 0.2) is 0 Å². The number of thiophene rings is 1. The van der Waals surface area contributed by atoms with Crippen LogP contribution in [0.3, 0.4) is 0 Å². The van der Waals surface area contributed by atoms with Gasteiger partial charge in [0.1, 0.15) is 10.6 Å². The zero-order chi connectivity index (χ0) is 15.8. The van der Waals surface area contributed by atoms with Crippen LogP contribution in [0, 0.1) is 0 Å². The predicted molar refractivity (Wildman–Crippen MR) is 90.0 cm³/mol. The fraction of sp³-hybridized carbons (Fsp3) is 0.667. The van der Waals surface area contributed by atoms with Crippen LogP contribution in [0.25, 0.3) is 0 Å². The van der Waals surface area contributed by atoms with E-state index in [1.807, 2.05) is 0 Å². The molecule has 1 aromatic heterocycles. The number of hydrogen-bond donors (Lipinski definition) is 2. The lowest BCUT2D eigenvalue weighted by atomic mass is 10.1. The standard InChI is InChI=1S/C15H22F2N2O2S.ClH/c16-15(17)21-12-7-10-22-13(12)14(20)19-9-8-18-11-5-3-1-2-4-6-11;/h7,10-11,15,18H,1-6,8-9H2,(H,19,20);1H. The van der Waals surface area contributed by atoms with Crippen LogP contribution >= 0.6 is 23.7 Å². The number of rotatable bonds is 7. The molecular formula is C15H23ClF2N2O2S. The third-order valence-electron chi connectivity index (χ3n) is 3.75. The van der Waals surface area contributed by atoms with Crippen molar-refractivity contribution >= 4 is 29.7 Å². The molecule has 1 aliphatic rings. The van der Waals surface area contributed by atoms with Crippen molar-refractivity contribution in [2.24, 2.45) is 0 Å². The maximum absolute atomic E-state index is 12.2. The van der Waals surface area contributed by atoms with Gasteiger partial charge in [-0.25, -0.2) is 0 Å². The molecule has 0 atom stereocenters. The summed E-state index contributed by atoms with van der Waals surface area (Å²) < 4.78 is 28.8. The first-order valence-corrected chi connectivity index (χ1v) is 8.58. The molecule has 1 saturated carbocycles. The van der Waals surface area contributed by atoms with Crippen molar-refractivity contribution in [2.75, 3.05) is 13.1 Å². The molecule has 1 aromatic rings. The maximum atomic E-state index is 12.2. The summed E-state index contributed by atoms with van der Waals surface area (Å²) in [5.74, 6) is -0.428.